The van der Waals surface area contributed by atoms with Crippen LogP contribution in [0, 0.1) is 0 Å². The highest BCUT2D eigenvalue weighted by atomic mass is 16.5. The zero-order valence-corrected chi connectivity index (χ0v) is 8.84. The van der Waals surface area contributed by atoms with E-state index in [0.717, 1.165) is 25.9 Å². The third-order valence-corrected chi connectivity index (χ3v) is 2.43. The summed E-state index contributed by atoms with van der Waals surface area (Å²) < 4.78 is 5.64. The molecule has 82 valence electrons. The number of hydrogen-bond donors (Lipinski definition) is 2. The number of nitrogens with one attached hydrogen (secondary N) is 2. The number of ether oxygens (including phenoxy) is 1. The van der Waals surface area contributed by atoms with E-state index >= 15 is 0 Å². The molecule has 1 aliphatic rings. The van der Waals surface area contributed by atoms with E-state index < -0.39 is 0 Å². The Morgan fingerprint density at radius 1 is 1.64 bits per heavy atom. The summed E-state index contributed by atoms with van der Waals surface area (Å²) in [6.07, 6.45) is 4.08. The van der Waals surface area contributed by atoms with Crippen molar-refractivity contribution in [2.45, 2.75) is 31.8 Å². The van der Waals surface area contributed by atoms with Crippen LogP contribution in [-0.4, -0.2) is 38.8 Å². The molecule has 2 N–H and O–H groups in total. The van der Waals surface area contributed by atoms with E-state index in [4.69, 9.17) is 4.74 Å². The maximum Gasteiger partial charge on any atom is 0.219 e. The number of carbonyl (C=O) groups is 1. The molecular formula is C10H20N2O2. The minimum Gasteiger partial charge on any atom is -0.377 e. The SMILES string of the molecule is CNC(=O)CCCOC1CCCNC1. The molecule has 4 nitrogen and oxygen atoms in total. The van der Waals surface area contributed by atoms with Crippen molar-refractivity contribution in [2.24, 2.45) is 0 Å². The number of hydrogen-bond acceptors (Lipinski definition) is 3. The first-order valence-electron chi connectivity index (χ1n) is 5.36. The average molecular weight is 200 g/mol. The molecule has 0 aromatic heterocycles. The molecule has 1 unspecified atom stereocenters. The third kappa shape index (κ3) is 4.58. The van der Waals surface area contributed by atoms with E-state index in [2.05, 4.69) is 10.6 Å². The number of rotatable bonds is 5. The Kier molecular flexibility index (Phi) is 5.56. The van der Waals surface area contributed by atoms with E-state index in [1.807, 2.05) is 0 Å². The fraction of sp³-hybridized carbons (Fsp3) is 0.900. The molecule has 1 heterocycles. The van der Waals surface area contributed by atoms with E-state index in [9.17, 15) is 4.79 Å². The molecule has 14 heavy (non-hydrogen) atoms. The Balaban J connectivity index is 1.94. The third-order valence-electron chi connectivity index (χ3n) is 2.43. The zero-order valence-electron chi connectivity index (χ0n) is 8.84. The van der Waals surface area contributed by atoms with Crippen LogP contribution in [0.3, 0.4) is 0 Å². The fourth-order valence-corrected chi connectivity index (χ4v) is 1.57. The zero-order chi connectivity index (χ0) is 10.2. The van der Waals surface area contributed by atoms with Crippen LogP contribution in [0.4, 0.5) is 0 Å². The van der Waals surface area contributed by atoms with E-state index in [-0.39, 0.29) is 5.91 Å². The minimum absolute atomic E-state index is 0.0929. The number of carbonyl (C=O) groups excluding carboxylic acids is 1. The Labute approximate surface area is 85.4 Å². The average Bonchev–Trinajstić information content (AvgIpc) is 2.25. The topological polar surface area (TPSA) is 50.4 Å². The summed E-state index contributed by atoms with van der Waals surface area (Å²) in [7, 11) is 1.66. The fourth-order valence-electron chi connectivity index (χ4n) is 1.57. The van der Waals surface area contributed by atoms with Crippen LogP contribution >= 0.6 is 0 Å². The Morgan fingerprint density at radius 2 is 2.50 bits per heavy atom. The quantitative estimate of drug-likeness (QED) is 0.627. The van der Waals surface area contributed by atoms with Crippen LogP contribution in [0.25, 0.3) is 0 Å². The lowest BCUT2D eigenvalue weighted by Gasteiger charge is -2.22. The maximum absolute atomic E-state index is 10.9. The molecule has 0 spiro atoms. The van der Waals surface area contributed by atoms with Crippen LogP contribution < -0.4 is 10.6 Å². The van der Waals surface area contributed by atoms with Crippen molar-refractivity contribution in [3.63, 3.8) is 0 Å². The van der Waals surface area contributed by atoms with Gasteiger partial charge >= 0.3 is 0 Å². The van der Waals surface area contributed by atoms with Crippen molar-refractivity contribution < 1.29 is 9.53 Å². The van der Waals surface area contributed by atoms with Gasteiger partial charge in [0.05, 0.1) is 6.10 Å². The van der Waals surface area contributed by atoms with Gasteiger partial charge in [-0.05, 0) is 25.8 Å². The monoisotopic (exact) mass is 200 g/mol. The molecular weight excluding hydrogens is 180 g/mol. The van der Waals surface area contributed by atoms with Gasteiger partial charge in [-0.15, -0.1) is 0 Å². The standard InChI is InChI=1S/C10H20N2O2/c1-11-10(13)5-3-7-14-9-4-2-6-12-8-9/h9,12H,2-8H2,1H3,(H,11,13). The second-order valence-corrected chi connectivity index (χ2v) is 3.62. The maximum atomic E-state index is 10.9. The molecule has 0 bridgehead atoms. The Morgan fingerprint density at radius 3 is 3.14 bits per heavy atom. The second kappa shape index (κ2) is 6.79. The summed E-state index contributed by atoms with van der Waals surface area (Å²) in [6, 6.07) is 0. The van der Waals surface area contributed by atoms with Crippen LogP contribution in [-0.2, 0) is 9.53 Å². The van der Waals surface area contributed by atoms with Crippen LogP contribution in [0.2, 0.25) is 0 Å². The molecule has 0 radical (unpaired) electrons. The highest BCUT2D eigenvalue weighted by Gasteiger charge is 2.12. The summed E-state index contributed by atoms with van der Waals surface area (Å²) in [5.41, 5.74) is 0. The van der Waals surface area contributed by atoms with E-state index in [0.29, 0.717) is 19.1 Å². The summed E-state index contributed by atoms with van der Waals surface area (Å²) in [5.74, 6) is 0.0929. The van der Waals surface area contributed by atoms with Gasteiger partial charge in [0.1, 0.15) is 0 Å². The van der Waals surface area contributed by atoms with Crippen molar-refractivity contribution >= 4 is 5.91 Å². The first-order chi connectivity index (χ1) is 6.83. The van der Waals surface area contributed by atoms with Gasteiger partial charge in [0.2, 0.25) is 5.91 Å². The lowest BCUT2D eigenvalue weighted by Crippen LogP contribution is -2.35. The van der Waals surface area contributed by atoms with Crippen molar-refractivity contribution in [2.75, 3.05) is 26.7 Å². The Hall–Kier alpha value is -0.610. The molecule has 1 amide bonds. The van der Waals surface area contributed by atoms with Gasteiger partial charge in [-0.25, -0.2) is 0 Å². The summed E-state index contributed by atoms with van der Waals surface area (Å²) in [6.45, 7) is 2.76. The van der Waals surface area contributed by atoms with Gasteiger partial charge in [-0.1, -0.05) is 0 Å². The minimum atomic E-state index is 0.0929. The molecule has 1 rings (SSSR count). The molecule has 4 heteroatoms. The van der Waals surface area contributed by atoms with Gasteiger partial charge in [-0.3, -0.25) is 4.79 Å². The summed E-state index contributed by atoms with van der Waals surface area (Å²) in [4.78, 5) is 10.9. The molecule has 0 saturated carbocycles. The van der Waals surface area contributed by atoms with Crippen LogP contribution in [0.15, 0.2) is 0 Å². The molecule has 0 aromatic rings. The predicted octanol–water partition coefficient (Wildman–Crippen LogP) is 0.281. The molecule has 1 atom stereocenters. The molecule has 1 fully saturated rings. The van der Waals surface area contributed by atoms with E-state index in [1.54, 1.807) is 7.05 Å². The summed E-state index contributed by atoms with van der Waals surface area (Å²) in [5, 5.41) is 5.89. The lowest BCUT2D eigenvalue weighted by atomic mass is 10.1. The smallest absolute Gasteiger partial charge is 0.219 e. The molecule has 0 aromatic carbocycles. The Bertz CT molecular complexity index is 168. The van der Waals surface area contributed by atoms with Crippen molar-refractivity contribution in [3.8, 4) is 0 Å². The first kappa shape index (κ1) is 11.5. The predicted molar refractivity (Wildman–Crippen MR) is 55.1 cm³/mol. The van der Waals surface area contributed by atoms with Crippen molar-refractivity contribution in [3.05, 3.63) is 0 Å². The molecule has 0 aliphatic carbocycles. The lowest BCUT2D eigenvalue weighted by molar-refractivity contribution is -0.121. The van der Waals surface area contributed by atoms with Gasteiger partial charge in [-0.2, -0.15) is 0 Å². The number of amides is 1. The summed E-state index contributed by atoms with van der Waals surface area (Å²) >= 11 is 0. The van der Waals surface area contributed by atoms with Crippen LogP contribution in [0.1, 0.15) is 25.7 Å². The second-order valence-electron chi connectivity index (χ2n) is 3.62. The first-order valence-corrected chi connectivity index (χ1v) is 5.36. The van der Waals surface area contributed by atoms with Crippen LogP contribution in [0.5, 0.6) is 0 Å². The van der Waals surface area contributed by atoms with Crippen molar-refractivity contribution in [1.82, 2.24) is 10.6 Å². The highest BCUT2D eigenvalue weighted by Crippen LogP contribution is 2.06. The highest BCUT2D eigenvalue weighted by molar-refractivity contribution is 5.75. The normalized spacial score (nSPS) is 21.9. The van der Waals surface area contributed by atoms with Gasteiger partial charge in [0.25, 0.3) is 0 Å². The largest absolute Gasteiger partial charge is 0.377 e. The van der Waals surface area contributed by atoms with Gasteiger partial charge < -0.3 is 15.4 Å². The van der Waals surface area contributed by atoms with Gasteiger partial charge in [0.15, 0.2) is 0 Å². The molecule has 1 saturated heterocycles. The van der Waals surface area contributed by atoms with Gasteiger partial charge in [0, 0.05) is 26.6 Å². The molecule has 1 aliphatic heterocycles. The van der Waals surface area contributed by atoms with Crippen molar-refractivity contribution in [1.29, 1.82) is 0 Å². The number of piperidine rings is 1. The van der Waals surface area contributed by atoms with E-state index in [1.165, 1.54) is 6.42 Å².